The largest absolute Gasteiger partial charge is 0.395 e. The number of aliphatic hydroxyl groups excluding tert-OH is 2. The molecule has 4 aliphatic rings. The third kappa shape index (κ3) is 4.00. The van der Waals surface area contributed by atoms with E-state index in [-0.39, 0.29) is 34.6 Å². The van der Waals surface area contributed by atoms with Crippen LogP contribution in [-0.4, -0.2) is 48.8 Å². The van der Waals surface area contributed by atoms with Crippen molar-refractivity contribution in [3.8, 4) is 0 Å². The standard InChI is InChI=1S/C32H54O4/c1-21(11-10-15-28(2,3)36-9)22-14-16-32(7)27-25(35-8)19-24-23(12-13-26(34)30(24,5)20-33)29(27,4)17-18-31(22,32)6/h10,15,19,21-23,25-27,33-34H,11-14,16-18,20H2,1-9H3/b15-10+/t21-,22-,23-,25+,26+,27-,29+,30-,31-,32+/m1/s1. The first-order valence-electron chi connectivity index (χ1n) is 14.5. The van der Waals surface area contributed by atoms with E-state index in [1.54, 1.807) is 7.11 Å². The summed E-state index contributed by atoms with van der Waals surface area (Å²) in [6.07, 6.45) is 14.3. The lowest BCUT2D eigenvalue weighted by molar-refractivity contribution is -0.184. The number of hydrogen-bond acceptors (Lipinski definition) is 4. The maximum absolute atomic E-state index is 10.9. The van der Waals surface area contributed by atoms with Gasteiger partial charge in [-0.3, -0.25) is 0 Å². The molecule has 0 bridgehead atoms. The molecule has 4 aliphatic carbocycles. The fourth-order valence-corrected chi connectivity index (χ4v) is 9.77. The predicted octanol–water partition coefficient (Wildman–Crippen LogP) is 6.56. The Kier molecular flexibility index (Phi) is 7.48. The maximum Gasteiger partial charge on any atom is 0.0802 e. The smallest absolute Gasteiger partial charge is 0.0802 e. The lowest BCUT2D eigenvalue weighted by Gasteiger charge is -2.67. The van der Waals surface area contributed by atoms with Gasteiger partial charge in [-0.05, 0) is 92.8 Å². The van der Waals surface area contributed by atoms with E-state index < -0.39 is 11.5 Å². The van der Waals surface area contributed by atoms with Gasteiger partial charge in [0.2, 0.25) is 0 Å². The van der Waals surface area contributed by atoms with Crippen molar-refractivity contribution in [2.24, 2.45) is 45.3 Å². The average Bonchev–Trinajstić information content (AvgIpc) is 3.11. The summed E-state index contributed by atoms with van der Waals surface area (Å²) in [6, 6.07) is 0. The van der Waals surface area contributed by atoms with Gasteiger partial charge in [-0.25, -0.2) is 0 Å². The molecule has 0 heterocycles. The van der Waals surface area contributed by atoms with Crippen molar-refractivity contribution in [1.82, 2.24) is 0 Å². The monoisotopic (exact) mass is 502 g/mol. The van der Waals surface area contributed by atoms with Crippen LogP contribution < -0.4 is 0 Å². The van der Waals surface area contributed by atoms with Crippen LogP contribution >= 0.6 is 0 Å². The first-order valence-corrected chi connectivity index (χ1v) is 14.5. The molecule has 4 rings (SSSR count). The third-order valence-corrected chi connectivity index (χ3v) is 12.5. The molecule has 10 atom stereocenters. The van der Waals surface area contributed by atoms with Crippen molar-refractivity contribution in [1.29, 1.82) is 0 Å². The molecule has 0 aromatic heterocycles. The molecule has 0 spiro atoms. The highest BCUT2D eigenvalue weighted by molar-refractivity contribution is 5.33. The van der Waals surface area contributed by atoms with Gasteiger partial charge < -0.3 is 19.7 Å². The zero-order chi connectivity index (χ0) is 26.7. The Morgan fingerprint density at radius 2 is 1.75 bits per heavy atom. The number of methoxy groups -OCH3 is 2. The highest BCUT2D eigenvalue weighted by Gasteiger charge is 2.69. The molecule has 0 aromatic carbocycles. The van der Waals surface area contributed by atoms with Gasteiger partial charge in [-0.15, -0.1) is 0 Å². The van der Waals surface area contributed by atoms with E-state index in [4.69, 9.17) is 9.47 Å². The van der Waals surface area contributed by atoms with Crippen molar-refractivity contribution >= 4 is 0 Å². The van der Waals surface area contributed by atoms with Gasteiger partial charge in [-0.1, -0.05) is 58.4 Å². The van der Waals surface area contributed by atoms with Crippen LogP contribution in [0, 0.1) is 45.3 Å². The number of hydrogen-bond donors (Lipinski definition) is 2. The minimum Gasteiger partial charge on any atom is -0.395 e. The molecular formula is C32H54O4. The van der Waals surface area contributed by atoms with Crippen LogP contribution in [0.15, 0.2) is 23.8 Å². The summed E-state index contributed by atoms with van der Waals surface area (Å²) in [5, 5.41) is 21.3. The Balaban J connectivity index is 1.68. The minimum absolute atomic E-state index is 0.00432. The number of aliphatic hydroxyl groups is 2. The second kappa shape index (κ2) is 9.50. The molecule has 0 aliphatic heterocycles. The summed E-state index contributed by atoms with van der Waals surface area (Å²) in [5.74, 6) is 2.18. The van der Waals surface area contributed by atoms with E-state index in [0.717, 1.165) is 19.3 Å². The topological polar surface area (TPSA) is 58.9 Å². The van der Waals surface area contributed by atoms with Crippen LogP contribution in [0.25, 0.3) is 0 Å². The lowest BCUT2D eigenvalue weighted by atomic mass is 9.38. The second-order valence-electron chi connectivity index (χ2n) is 14.4. The van der Waals surface area contributed by atoms with Crippen LogP contribution in [0.1, 0.15) is 93.4 Å². The number of fused-ring (bicyclic) bond motifs is 5. The van der Waals surface area contributed by atoms with Crippen LogP contribution in [0.4, 0.5) is 0 Å². The summed E-state index contributed by atoms with van der Waals surface area (Å²) in [7, 11) is 3.65. The van der Waals surface area contributed by atoms with Crippen LogP contribution in [0.5, 0.6) is 0 Å². The summed E-state index contributed by atoms with van der Waals surface area (Å²) in [5.41, 5.74) is 1.08. The molecule has 2 N–H and O–H groups in total. The number of rotatable bonds is 7. The average molecular weight is 503 g/mol. The molecule has 0 aromatic rings. The zero-order valence-corrected chi connectivity index (χ0v) is 24.6. The summed E-state index contributed by atoms with van der Waals surface area (Å²) in [6.45, 7) is 16.5. The molecule has 0 saturated heterocycles. The van der Waals surface area contributed by atoms with E-state index >= 15 is 0 Å². The van der Waals surface area contributed by atoms with E-state index in [2.05, 4.69) is 66.7 Å². The van der Waals surface area contributed by atoms with E-state index in [9.17, 15) is 10.2 Å². The molecule has 4 heteroatoms. The van der Waals surface area contributed by atoms with Crippen molar-refractivity contribution < 1.29 is 19.7 Å². The molecular weight excluding hydrogens is 448 g/mol. The van der Waals surface area contributed by atoms with Gasteiger partial charge in [0, 0.05) is 25.6 Å². The van der Waals surface area contributed by atoms with E-state index in [1.807, 2.05) is 7.11 Å². The maximum atomic E-state index is 10.9. The molecule has 3 fully saturated rings. The highest BCUT2D eigenvalue weighted by atomic mass is 16.5. The zero-order valence-electron chi connectivity index (χ0n) is 24.6. The summed E-state index contributed by atoms with van der Waals surface area (Å²) < 4.78 is 11.9. The number of allylic oxidation sites excluding steroid dienone is 1. The SMILES string of the molecule is CO[C@H]1C=C2[C@@H](CC[C@H](O)[C@]2(C)CO)[C@]2(C)CC[C@]3(C)[C@@H]([C@H](C)C/C=C/C(C)(C)OC)CC[C@@]3(C)[C@H]12. The highest BCUT2D eigenvalue weighted by Crippen LogP contribution is 2.75. The Bertz CT molecular complexity index is 877. The summed E-state index contributed by atoms with van der Waals surface area (Å²) in [4.78, 5) is 0. The molecule has 36 heavy (non-hydrogen) atoms. The van der Waals surface area contributed by atoms with Crippen molar-refractivity contribution in [2.75, 3.05) is 20.8 Å². The van der Waals surface area contributed by atoms with Gasteiger partial charge in [0.25, 0.3) is 0 Å². The van der Waals surface area contributed by atoms with Crippen molar-refractivity contribution in [3.63, 3.8) is 0 Å². The second-order valence-corrected chi connectivity index (χ2v) is 14.4. The quantitative estimate of drug-likeness (QED) is 0.387. The summed E-state index contributed by atoms with van der Waals surface area (Å²) >= 11 is 0. The Morgan fingerprint density at radius 3 is 2.36 bits per heavy atom. The van der Waals surface area contributed by atoms with E-state index in [1.165, 1.54) is 31.3 Å². The normalized spacial score (nSPS) is 47.8. The fourth-order valence-electron chi connectivity index (χ4n) is 9.77. The molecule has 0 unspecified atom stereocenters. The molecule has 4 nitrogen and oxygen atoms in total. The van der Waals surface area contributed by atoms with Gasteiger partial charge in [0.1, 0.15) is 0 Å². The van der Waals surface area contributed by atoms with Crippen LogP contribution in [-0.2, 0) is 9.47 Å². The van der Waals surface area contributed by atoms with Gasteiger partial charge in [0.15, 0.2) is 0 Å². The third-order valence-electron chi connectivity index (χ3n) is 12.5. The minimum atomic E-state index is -0.565. The number of ether oxygens (including phenoxy) is 2. The Morgan fingerprint density at radius 1 is 1.06 bits per heavy atom. The lowest BCUT2D eigenvalue weighted by Crippen LogP contribution is -2.63. The van der Waals surface area contributed by atoms with Crippen LogP contribution in [0.2, 0.25) is 0 Å². The Hall–Kier alpha value is -0.680. The van der Waals surface area contributed by atoms with Crippen molar-refractivity contribution in [3.05, 3.63) is 23.8 Å². The van der Waals surface area contributed by atoms with Crippen LogP contribution in [0.3, 0.4) is 0 Å². The van der Waals surface area contributed by atoms with Gasteiger partial charge in [-0.2, -0.15) is 0 Å². The fraction of sp³-hybridized carbons (Fsp3) is 0.875. The Labute approximate surface area is 220 Å². The molecule has 206 valence electrons. The first kappa shape index (κ1) is 28.3. The molecule has 3 saturated carbocycles. The predicted molar refractivity (Wildman–Crippen MR) is 147 cm³/mol. The molecule has 0 amide bonds. The van der Waals surface area contributed by atoms with E-state index in [0.29, 0.717) is 23.7 Å². The van der Waals surface area contributed by atoms with Crippen molar-refractivity contribution in [2.45, 2.75) is 111 Å². The molecule has 0 radical (unpaired) electrons. The van der Waals surface area contributed by atoms with Gasteiger partial charge in [0.05, 0.1) is 24.4 Å². The van der Waals surface area contributed by atoms with Gasteiger partial charge >= 0.3 is 0 Å². The first-order chi connectivity index (χ1) is 16.7.